The zero-order chi connectivity index (χ0) is 17.5. The van der Waals surface area contributed by atoms with Crippen LogP contribution < -0.4 is 10.6 Å². The van der Waals surface area contributed by atoms with Crippen LogP contribution in [0.3, 0.4) is 0 Å². The van der Waals surface area contributed by atoms with Crippen LogP contribution >= 0.6 is 0 Å². The van der Waals surface area contributed by atoms with E-state index in [-0.39, 0.29) is 11.9 Å². The Hall–Kier alpha value is -2.05. The lowest BCUT2D eigenvalue weighted by molar-refractivity contribution is -0.123. The van der Waals surface area contributed by atoms with Crippen molar-refractivity contribution >= 4 is 12.0 Å². The second-order valence-electron chi connectivity index (χ2n) is 6.44. The summed E-state index contributed by atoms with van der Waals surface area (Å²) in [6.45, 7) is 10.4. The van der Waals surface area contributed by atoms with Gasteiger partial charge in [-0.25, -0.2) is 9.78 Å². The van der Waals surface area contributed by atoms with Crippen molar-refractivity contribution in [3.8, 4) is 0 Å². The molecule has 0 saturated carbocycles. The van der Waals surface area contributed by atoms with Gasteiger partial charge in [-0.2, -0.15) is 0 Å². The predicted molar refractivity (Wildman–Crippen MR) is 88.2 cm³/mol. The molecule has 1 rings (SSSR count). The highest BCUT2D eigenvalue weighted by Gasteiger charge is 2.18. The average molecular weight is 324 g/mol. The molecule has 7 heteroatoms. The Bertz CT molecular complexity index is 520. The number of alkyl carbamates (subject to hydrolysis) is 1. The number of nitrogens with one attached hydrogen (secondary N) is 2. The van der Waals surface area contributed by atoms with Gasteiger partial charge in [0.05, 0.1) is 6.33 Å². The Morgan fingerprint density at radius 2 is 2.00 bits per heavy atom. The summed E-state index contributed by atoms with van der Waals surface area (Å²) < 4.78 is 7.00. The maximum absolute atomic E-state index is 12.0. The number of rotatable bonds is 7. The Morgan fingerprint density at radius 3 is 2.61 bits per heavy atom. The molecule has 0 bridgehead atoms. The fourth-order valence-electron chi connectivity index (χ4n) is 2.00. The third kappa shape index (κ3) is 6.71. The molecule has 1 heterocycles. The van der Waals surface area contributed by atoms with E-state index in [0.29, 0.717) is 19.5 Å². The van der Waals surface area contributed by atoms with Crippen molar-refractivity contribution in [2.75, 3.05) is 13.1 Å². The highest BCUT2D eigenvalue weighted by Crippen LogP contribution is 2.11. The van der Waals surface area contributed by atoms with Crippen molar-refractivity contribution in [1.29, 1.82) is 0 Å². The quantitative estimate of drug-likeness (QED) is 0.804. The van der Waals surface area contributed by atoms with Crippen molar-refractivity contribution in [1.82, 2.24) is 20.2 Å². The Kier molecular flexibility index (Phi) is 7.06. The summed E-state index contributed by atoms with van der Waals surface area (Å²) >= 11 is 0. The van der Waals surface area contributed by atoms with E-state index in [1.54, 1.807) is 12.5 Å². The lowest BCUT2D eigenvalue weighted by Crippen LogP contribution is -2.34. The second-order valence-corrected chi connectivity index (χ2v) is 6.44. The summed E-state index contributed by atoms with van der Waals surface area (Å²) in [5, 5.41) is 5.57. The van der Waals surface area contributed by atoms with E-state index in [0.717, 1.165) is 12.1 Å². The van der Waals surface area contributed by atoms with Crippen LogP contribution in [0.25, 0.3) is 0 Å². The van der Waals surface area contributed by atoms with Gasteiger partial charge < -0.3 is 19.9 Å². The first-order valence-corrected chi connectivity index (χ1v) is 8.00. The van der Waals surface area contributed by atoms with Gasteiger partial charge in [-0.05, 0) is 34.1 Å². The SMILES string of the molecule is CCCNC(=O)C(C)n1cncc1CCNC(=O)OC(C)(C)C. The zero-order valence-electron chi connectivity index (χ0n) is 14.7. The highest BCUT2D eigenvalue weighted by molar-refractivity contribution is 5.79. The van der Waals surface area contributed by atoms with Gasteiger partial charge in [0.15, 0.2) is 0 Å². The third-order valence-electron chi connectivity index (χ3n) is 3.14. The molecule has 1 atom stereocenters. The van der Waals surface area contributed by atoms with Crippen molar-refractivity contribution in [2.24, 2.45) is 0 Å². The van der Waals surface area contributed by atoms with Gasteiger partial charge in [-0.1, -0.05) is 6.92 Å². The van der Waals surface area contributed by atoms with Crippen molar-refractivity contribution in [3.63, 3.8) is 0 Å². The van der Waals surface area contributed by atoms with Gasteiger partial charge in [0.1, 0.15) is 11.6 Å². The molecule has 0 aliphatic heterocycles. The fourth-order valence-corrected chi connectivity index (χ4v) is 2.00. The highest BCUT2D eigenvalue weighted by atomic mass is 16.6. The number of amides is 2. The number of carbonyl (C=O) groups is 2. The van der Waals surface area contributed by atoms with E-state index < -0.39 is 11.7 Å². The Balaban J connectivity index is 2.52. The third-order valence-corrected chi connectivity index (χ3v) is 3.14. The lowest BCUT2D eigenvalue weighted by Gasteiger charge is -2.20. The largest absolute Gasteiger partial charge is 0.444 e. The first-order valence-electron chi connectivity index (χ1n) is 8.00. The van der Waals surface area contributed by atoms with Gasteiger partial charge >= 0.3 is 6.09 Å². The normalized spacial score (nSPS) is 12.6. The topological polar surface area (TPSA) is 85.3 Å². The molecular formula is C16H28N4O3. The lowest BCUT2D eigenvalue weighted by atomic mass is 10.2. The van der Waals surface area contributed by atoms with Crippen molar-refractivity contribution < 1.29 is 14.3 Å². The van der Waals surface area contributed by atoms with Gasteiger partial charge in [0.2, 0.25) is 5.91 Å². The molecule has 2 amide bonds. The van der Waals surface area contributed by atoms with Gasteiger partial charge in [0.25, 0.3) is 0 Å². The van der Waals surface area contributed by atoms with Crippen LogP contribution in [0.2, 0.25) is 0 Å². The van der Waals surface area contributed by atoms with Crippen molar-refractivity contribution in [3.05, 3.63) is 18.2 Å². The first-order chi connectivity index (χ1) is 10.7. The molecule has 1 unspecified atom stereocenters. The summed E-state index contributed by atoms with van der Waals surface area (Å²) in [5.74, 6) is -0.0359. The average Bonchev–Trinajstić information content (AvgIpc) is 2.90. The van der Waals surface area contributed by atoms with Gasteiger partial charge in [-0.15, -0.1) is 0 Å². The molecule has 1 aromatic heterocycles. The molecule has 130 valence electrons. The summed E-state index contributed by atoms with van der Waals surface area (Å²) in [6, 6.07) is -0.333. The zero-order valence-corrected chi connectivity index (χ0v) is 14.7. The molecule has 0 aliphatic rings. The molecule has 0 aliphatic carbocycles. The van der Waals surface area contributed by atoms with E-state index in [2.05, 4.69) is 15.6 Å². The summed E-state index contributed by atoms with van der Waals surface area (Å²) in [4.78, 5) is 27.8. The maximum Gasteiger partial charge on any atom is 0.407 e. The predicted octanol–water partition coefficient (Wildman–Crippen LogP) is 2.04. The minimum atomic E-state index is -0.516. The van der Waals surface area contributed by atoms with Crippen LogP contribution in [-0.4, -0.2) is 40.2 Å². The Labute approximate surface area is 137 Å². The van der Waals surface area contributed by atoms with E-state index in [1.807, 2.05) is 39.2 Å². The minimum Gasteiger partial charge on any atom is -0.444 e. The number of hydrogen-bond acceptors (Lipinski definition) is 4. The Morgan fingerprint density at radius 1 is 1.30 bits per heavy atom. The molecule has 0 radical (unpaired) electrons. The number of carbonyl (C=O) groups excluding carboxylic acids is 2. The van der Waals surface area contributed by atoms with E-state index in [4.69, 9.17) is 4.74 Å². The second kappa shape index (κ2) is 8.55. The summed E-state index contributed by atoms with van der Waals surface area (Å²) in [6.07, 6.45) is 4.37. The molecule has 1 aromatic rings. The van der Waals surface area contributed by atoms with Crippen LogP contribution in [-0.2, 0) is 16.0 Å². The van der Waals surface area contributed by atoms with Crippen LogP contribution in [0.15, 0.2) is 12.5 Å². The van der Waals surface area contributed by atoms with E-state index >= 15 is 0 Å². The fraction of sp³-hybridized carbons (Fsp3) is 0.688. The molecular weight excluding hydrogens is 296 g/mol. The molecule has 23 heavy (non-hydrogen) atoms. The number of aromatic nitrogens is 2. The molecule has 2 N–H and O–H groups in total. The summed E-state index contributed by atoms with van der Waals surface area (Å²) in [5.41, 5.74) is 0.373. The molecule has 0 aromatic carbocycles. The van der Waals surface area contributed by atoms with Crippen LogP contribution in [0, 0.1) is 0 Å². The number of ether oxygens (including phenoxy) is 1. The molecule has 0 spiro atoms. The minimum absolute atomic E-state index is 0.0359. The smallest absolute Gasteiger partial charge is 0.407 e. The number of hydrogen-bond donors (Lipinski definition) is 2. The standard InChI is InChI=1S/C16H28N4O3/c1-6-8-18-14(21)12(2)20-11-17-10-13(20)7-9-19-15(22)23-16(3,4)5/h10-12H,6-9H2,1-5H3,(H,18,21)(H,19,22). The van der Waals surface area contributed by atoms with E-state index in [1.165, 1.54) is 0 Å². The van der Waals surface area contributed by atoms with Crippen LogP contribution in [0.1, 0.15) is 52.8 Å². The van der Waals surface area contributed by atoms with Gasteiger partial charge in [-0.3, -0.25) is 4.79 Å². The monoisotopic (exact) mass is 324 g/mol. The first kappa shape index (κ1) is 19.0. The van der Waals surface area contributed by atoms with E-state index in [9.17, 15) is 9.59 Å². The molecule has 7 nitrogen and oxygen atoms in total. The molecule has 0 fully saturated rings. The number of imidazole rings is 1. The van der Waals surface area contributed by atoms with Crippen LogP contribution in [0.4, 0.5) is 4.79 Å². The van der Waals surface area contributed by atoms with Crippen molar-refractivity contribution in [2.45, 2.75) is 59.1 Å². The molecule has 0 saturated heterocycles. The maximum atomic E-state index is 12.0. The number of nitrogens with zero attached hydrogens (tertiary/aromatic N) is 2. The van der Waals surface area contributed by atoms with Crippen LogP contribution in [0.5, 0.6) is 0 Å². The van der Waals surface area contributed by atoms with Gasteiger partial charge in [0, 0.05) is 31.4 Å². The summed E-state index contributed by atoms with van der Waals surface area (Å²) in [7, 11) is 0.